The third kappa shape index (κ3) is 5.42. The molecule has 4 fully saturated rings. The van der Waals surface area contributed by atoms with Gasteiger partial charge in [-0.25, -0.2) is 8.42 Å². The molecule has 38 heavy (non-hydrogen) atoms. The van der Waals surface area contributed by atoms with Gasteiger partial charge < -0.3 is 10.0 Å². The highest BCUT2D eigenvalue weighted by Gasteiger charge is 2.60. The Bertz CT molecular complexity index is 1140. The van der Waals surface area contributed by atoms with Gasteiger partial charge in [0.05, 0.1) is 17.5 Å². The van der Waals surface area contributed by atoms with Crippen molar-refractivity contribution in [3.05, 3.63) is 34.7 Å². The highest BCUT2D eigenvalue weighted by molar-refractivity contribution is 7.89. The van der Waals surface area contributed by atoms with E-state index in [1.165, 1.54) is 0 Å². The number of carbonyl (C=O) groups excluding carboxylic acids is 1. The second kappa shape index (κ2) is 10.3. The van der Waals surface area contributed by atoms with Crippen molar-refractivity contribution in [2.75, 3.05) is 32.7 Å². The molecule has 2 aliphatic carbocycles. The zero-order chi connectivity index (χ0) is 27.3. The van der Waals surface area contributed by atoms with Gasteiger partial charge in [-0.3, -0.25) is 9.69 Å². The van der Waals surface area contributed by atoms with Crippen LogP contribution in [0.5, 0.6) is 0 Å². The number of amides is 1. The Labute approximate surface area is 226 Å². The molecule has 10 heteroatoms. The van der Waals surface area contributed by atoms with Gasteiger partial charge in [-0.15, -0.1) is 0 Å². The van der Waals surface area contributed by atoms with E-state index in [4.69, 9.17) is 0 Å². The fourth-order valence-corrected chi connectivity index (χ4v) is 8.65. The molecule has 5 rings (SSSR count). The second-order valence-corrected chi connectivity index (χ2v) is 14.5. The number of hydrogen-bond acceptors (Lipinski definition) is 7. The SMILES string of the molecule is Cc1ccc(S(=O)(=O)N2C(C3CC3)CC(O)CC2C2(CC(=O)N3CCN(C(C)(C)CN=O)CC3)CC2)cc1. The summed E-state index contributed by atoms with van der Waals surface area (Å²) >= 11 is 0. The topological polar surface area (TPSA) is 111 Å². The first-order chi connectivity index (χ1) is 18.0. The standard InChI is InChI=1S/C28H42N4O5S/c1-20-4-8-23(9-5-20)38(36,37)32-24(21-6-7-21)16-22(33)17-25(32)28(10-11-28)18-26(34)30-12-14-31(15-13-30)27(2,3)19-29-35/h4-5,8-9,21-22,24-25,33H,6-7,10-19H2,1-3H3. The fourth-order valence-electron chi connectivity index (χ4n) is 6.67. The third-order valence-electron chi connectivity index (χ3n) is 9.45. The summed E-state index contributed by atoms with van der Waals surface area (Å²) in [6.07, 6.45) is 4.15. The first kappa shape index (κ1) is 27.7. The minimum atomic E-state index is -3.78. The number of aryl methyl sites for hydroxylation is 1. The van der Waals surface area contributed by atoms with Gasteiger partial charge in [0.15, 0.2) is 0 Å². The quantitative estimate of drug-likeness (QED) is 0.477. The molecule has 4 aliphatic rings. The number of aliphatic hydroxyl groups excluding tert-OH is 1. The van der Waals surface area contributed by atoms with Gasteiger partial charge >= 0.3 is 0 Å². The lowest BCUT2D eigenvalue weighted by atomic mass is 9.82. The van der Waals surface area contributed by atoms with Crippen molar-refractivity contribution in [1.82, 2.24) is 14.1 Å². The molecule has 0 radical (unpaired) electrons. The van der Waals surface area contributed by atoms with E-state index in [1.54, 1.807) is 16.4 Å². The molecule has 9 nitrogen and oxygen atoms in total. The maximum absolute atomic E-state index is 14.1. The normalized spacial score (nSPS) is 28.7. The maximum atomic E-state index is 14.1. The average molecular weight is 547 g/mol. The first-order valence-corrected chi connectivity index (χ1v) is 15.5. The number of hydrogen-bond donors (Lipinski definition) is 1. The van der Waals surface area contributed by atoms with Gasteiger partial charge in [-0.2, -0.15) is 9.21 Å². The van der Waals surface area contributed by atoms with E-state index in [0.29, 0.717) is 50.3 Å². The molecule has 210 valence electrons. The van der Waals surface area contributed by atoms with Crippen molar-refractivity contribution in [2.24, 2.45) is 16.5 Å². The molecular weight excluding hydrogens is 504 g/mol. The summed E-state index contributed by atoms with van der Waals surface area (Å²) in [5.74, 6) is 0.334. The van der Waals surface area contributed by atoms with Crippen molar-refractivity contribution in [3.63, 3.8) is 0 Å². The van der Waals surface area contributed by atoms with E-state index in [-0.39, 0.29) is 36.0 Å². The third-order valence-corrected chi connectivity index (χ3v) is 11.4. The minimum Gasteiger partial charge on any atom is -0.393 e. The number of rotatable bonds is 9. The number of benzene rings is 1. The lowest BCUT2D eigenvalue weighted by Gasteiger charge is -2.47. The van der Waals surface area contributed by atoms with Crippen molar-refractivity contribution >= 4 is 15.9 Å². The number of sulfonamides is 1. The van der Waals surface area contributed by atoms with Gasteiger partial charge in [0.25, 0.3) is 0 Å². The maximum Gasteiger partial charge on any atom is 0.243 e. The Morgan fingerprint density at radius 1 is 1.08 bits per heavy atom. The Kier molecular flexibility index (Phi) is 7.47. The molecule has 1 aromatic carbocycles. The summed E-state index contributed by atoms with van der Waals surface area (Å²) in [7, 11) is -3.78. The molecule has 2 aliphatic heterocycles. The van der Waals surface area contributed by atoms with Crippen LogP contribution in [0.4, 0.5) is 0 Å². The zero-order valence-electron chi connectivity index (χ0n) is 22.9. The van der Waals surface area contributed by atoms with Gasteiger partial charge in [0.2, 0.25) is 15.9 Å². The van der Waals surface area contributed by atoms with Crippen LogP contribution in [0, 0.1) is 23.2 Å². The summed E-state index contributed by atoms with van der Waals surface area (Å²) in [5.41, 5.74) is 0.236. The molecule has 2 heterocycles. The van der Waals surface area contributed by atoms with E-state index >= 15 is 0 Å². The number of carbonyl (C=O) groups is 1. The summed E-state index contributed by atoms with van der Waals surface area (Å²) < 4.78 is 30.0. The van der Waals surface area contributed by atoms with Crippen LogP contribution in [-0.4, -0.2) is 90.0 Å². The minimum absolute atomic E-state index is 0.0594. The van der Waals surface area contributed by atoms with Gasteiger partial charge in [0, 0.05) is 50.2 Å². The van der Waals surface area contributed by atoms with Crippen molar-refractivity contribution < 1.29 is 18.3 Å². The predicted molar refractivity (Wildman–Crippen MR) is 145 cm³/mol. The molecule has 1 amide bonds. The van der Waals surface area contributed by atoms with E-state index < -0.39 is 21.5 Å². The summed E-state index contributed by atoms with van der Waals surface area (Å²) in [5, 5.41) is 14.0. The smallest absolute Gasteiger partial charge is 0.243 e. The van der Waals surface area contributed by atoms with Crippen LogP contribution in [0.15, 0.2) is 34.3 Å². The van der Waals surface area contributed by atoms with Crippen LogP contribution in [0.25, 0.3) is 0 Å². The molecule has 1 aromatic rings. The fraction of sp³-hybridized carbons (Fsp3) is 0.750. The lowest BCUT2D eigenvalue weighted by molar-refractivity contribution is -0.136. The Balaban J connectivity index is 1.35. The molecular formula is C28H42N4O5S. The Hall–Kier alpha value is -1.88. The first-order valence-electron chi connectivity index (χ1n) is 14.1. The summed E-state index contributed by atoms with van der Waals surface area (Å²) in [6, 6.07) is 6.42. The average Bonchev–Trinajstić information content (AvgIpc) is 3.79. The van der Waals surface area contributed by atoms with E-state index in [0.717, 1.165) is 31.2 Å². The van der Waals surface area contributed by atoms with E-state index in [2.05, 4.69) is 10.1 Å². The van der Waals surface area contributed by atoms with Crippen molar-refractivity contribution in [2.45, 2.75) is 94.3 Å². The molecule has 2 saturated heterocycles. The van der Waals surface area contributed by atoms with Crippen LogP contribution >= 0.6 is 0 Å². The summed E-state index contributed by atoms with van der Waals surface area (Å²) in [6.45, 7) is 8.68. The molecule has 2 saturated carbocycles. The van der Waals surface area contributed by atoms with Crippen LogP contribution < -0.4 is 0 Å². The molecule has 0 aromatic heterocycles. The van der Waals surface area contributed by atoms with Crippen molar-refractivity contribution in [3.8, 4) is 0 Å². The van der Waals surface area contributed by atoms with Gasteiger partial charge in [-0.1, -0.05) is 22.9 Å². The van der Waals surface area contributed by atoms with Crippen LogP contribution in [0.2, 0.25) is 0 Å². The second-order valence-electron chi connectivity index (χ2n) is 12.7. The number of piperidine rings is 1. The number of aliphatic hydroxyl groups is 1. The number of piperazine rings is 1. The molecule has 1 N–H and O–H groups in total. The zero-order valence-corrected chi connectivity index (χ0v) is 23.7. The van der Waals surface area contributed by atoms with Crippen LogP contribution in [0.1, 0.15) is 64.4 Å². The highest BCUT2D eigenvalue weighted by atomic mass is 32.2. The van der Waals surface area contributed by atoms with Crippen LogP contribution in [0.3, 0.4) is 0 Å². The molecule has 3 atom stereocenters. The molecule has 0 bridgehead atoms. The Morgan fingerprint density at radius 3 is 2.26 bits per heavy atom. The molecule has 3 unspecified atom stereocenters. The van der Waals surface area contributed by atoms with Crippen molar-refractivity contribution in [1.29, 1.82) is 0 Å². The monoisotopic (exact) mass is 546 g/mol. The lowest BCUT2D eigenvalue weighted by Crippen LogP contribution is -2.59. The Morgan fingerprint density at radius 2 is 1.71 bits per heavy atom. The highest BCUT2D eigenvalue weighted by Crippen LogP contribution is 2.58. The van der Waals surface area contributed by atoms with Crippen LogP contribution in [-0.2, 0) is 14.8 Å². The predicted octanol–water partition coefficient (Wildman–Crippen LogP) is 3.15. The van der Waals surface area contributed by atoms with E-state index in [1.807, 2.05) is 37.8 Å². The van der Waals surface area contributed by atoms with Gasteiger partial charge in [0.1, 0.15) is 0 Å². The summed E-state index contributed by atoms with van der Waals surface area (Å²) in [4.78, 5) is 28.8. The van der Waals surface area contributed by atoms with E-state index in [9.17, 15) is 23.2 Å². The largest absolute Gasteiger partial charge is 0.393 e. The molecule has 0 spiro atoms. The number of nitrogens with zero attached hydrogens (tertiary/aromatic N) is 4. The number of nitroso groups, excluding NO2 is 1. The van der Waals surface area contributed by atoms with Gasteiger partial charge in [-0.05, 0) is 82.8 Å².